The number of phosphoric ester groups is 1. The molecule has 9 heteroatoms. The Morgan fingerprint density at radius 3 is 1.44 bits per heavy atom. The summed E-state index contributed by atoms with van der Waals surface area (Å²) in [6, 6.07) is 26.6. The molecule has 43 heavy (non-hydrogen) atoms. The minimum absolute atomic E-state index is 0.0690. The van der Waals surface area contributed by atoms with Crippen LogP contribution >= 0.6 is 31.3 Å². The minimum Gasteiger partial charge on any atom is -0.736 e. The van der Waals surface area contributed by atoms with Crippen LogP contribution < -0.4 is 14.4 Å². The summed E-state index contributed by atoms with van der Waals surface area (Å²) in [6.07, 6.45) is 3.33. The van der Waals surface area contributed by atoms with Gasteiger partial charge in [0, 0.05) is 20.9 Å². The molecule has 0 saturated heterocycles. The Morgan fingerprint density at radius 1 is 0.605 bits per heavy atom. The largest absolute Gasteiger partial charge is 0.736 e. The summed E-state index contributed by atoms with van der Waals surface area (Å²) in [6.45, 7) is 7.81. The van der Waals surface area contributed by atoms with E-state index in [-0.39, 0.29) is 23.7 Å². The maximum Gasteiger partial charge on any atom is 0.372 e. The second-order valence-electron chi connectivity index (χ2n) is 10.5. The molecule has 0 N–H and O–H groups in total. The summed E-state index contributed by atoms with van der Waals surface area (Å²) in [5, 5.41) is 0. The Labute approximate surface area is 260 Å². The van der Waals surface area contributed by atoms with Crippen LogP contribution in [0.15, 0.2) is 105 Å². The van der Waals surface area contributed by atoms with Crippen LogP contribution in [0.25, 0.3) is 23.7 Å². The standard InChI is InChI=1S/C34H31O6PS2/c1-21(2)37-27-15-9-13-25-29(19-23-11-5-7-17-31(23)42-33(25)27)39-41(35,36)40-30-20-24-12-6-8-18-32(24)43-34-26(30)14-10-16-28(34)38-22(3)4/h5-22H,1-4H3,(H,35,36)/p-1. The second kappa shape index (κ2) is 12.2. The van der Waals surface area contributed by atoms with Gasteiger partial charge >= 0.3 is 7.82 Å². The predicted molar refractivity (Wildman–Crippen MR) is 171 cm³/mol. The van der Waals surface area contributed by atoms with E-state index in [0.29, 0.717) is 22.6 Å². The highest BCUT2D eigenvalue weighted by Gasteiger charge is 2.28. The zero-order valence-electron chi connectivity index (χ0n) is 24.1. The van der Waals surface area contributed by atoms with Crippen LogP contribution in [0.2, 0.25) is 0 Å². The fraction of sp³-hybridized carbons (Fsp3) is 0.176. The van der Waals surface area contributed by atoms with Crippen LogP contribution in [0.4, 0.5) is 0 Å². The van der Waals surface area contributed by atoms with Crippen molar-refractivity contribution in [3.05, 3.63) is 107 Å². The fourth-order valence-corrected chi connectivity index (χ4v) is 7.81. The van der Waals surface area contributed by atoms with Gasteiger partial charge in [-0.15, -0.1) is 0 Å². The first-order valence-electron chi connectivity index (χ1n) is 13.9. The molecule has 2 heterocycles. The van der Waals surface area contributed by atoms with Crippen molar-refractivity contribution in [3.8, 4) is 11.5 Å². The zero-order valence-corrected chi connectivity index (χ0v) is 26.6. The van der Waals surface area contributed by atoms with E-state index in [1.54, 1.807) is 12.2 Å². The number of ether oxygens (including phenoxy) is 2. The molecule has 0 fully saturated rings. The molecular formula is C34H30O6PS2-. The highest BCUT2D eigenvalue weighted by molar-refractivity contribution is 8.00. The molecule has 6 nitrogen and oxygen atoms in total. The number of hydrogen-bond acceptors (Lipinski definition) is 8. The van der Waals surface area contributed by atoms with Crippen molar-refractivity contribution < 1.29 is 28.0 Å². The molecule has 0 saturated carbocycles. The SMILES string of the molecule is CC(C)Oc1cccc2c1Sc1ccccc1C=C2OP(=O)([O-])OC1=Cc2ccccc2Sc2c(OC(C)C)cccc21. The van der Waals surface area contributed by atoms with Gasteiger partial charge in [-0.3, -0.25) is 0 Å². The Hall–Kier alpha value is -3.55. The lowest BCUT2D eigenvalue weighted by molar-refractivity contribution is -0.213. The van der Waals surface area contributed by atoms with Crippen molar-refractivity contribution in [1.29, 1.82) is 0 Å². The first-order chi connectivity index (χ1) is 20.7. The minimum atomic E-state index is -4.98. The van der Waals surface area contributed by atoms with Gasteiger partial charge in [-0.25, -0.2) is 4.57 Å². The van der Waals surface area contributed by atoms with Gasteiger partial charge < -0.3 is 23.4 Å². The average molecular weight is 630 g/mol. The van der Waals surface area contributed by atoms with Gasteiger partial charge in [0.25, 0.3) is 0 Å². The molecule has 0 amide bonds. The van der Waals surface area contributed by atoms with Gasteiger partial charge in [0.1, 0.15) is 23.0 Å². The van der Waals surface area contributed by atoms with Gasteiger partial charge in [-0.2, -0.15) is 0 Å². The van der Waals surface area contributed by atoms with Gasteiger partial charge in [0.15, 0.2) is 0 Å². The van der Waals surface area contributed by atoms with Crippen molar-refractivity contribution in [2.24, 2.45) is 0 Å². The Morgan fingerprint density at radius 2 is 1.02 bits per heavy atom. The lowest BCUT2D eigenvalue weighted by atomic mass is 10.1. The molecule has 0 aromatic heterocycles. The van der Waals surface area contributed by atoms with E-state index in [1.165, 1.54) is 23.5 Å². The monoisotopic (exact) mass is 629 g/mol. The van der Waals surface area contributed by atoms with Gasteiger partial charge in [0.05, 0.1) is 22.0 Å². The van der Waals surface area contributed by atoms with E-state index >= 15 is 0 Å². The van der Waals surface area contributed by atoms with Crippen molar-refractivity contribution in [2.45, 2.75) is 59.5 Å². The number of fused-ring (bicyclic) bond motifs is 4. The van der Waals surface area contributed by atoms with E-state index in [0.717, 1.165) is 30.7 Å². The normalized spacial score (nSPS) is 13.8. The topological polar surface area (TPSA) is 77.1 Å². The van der Waals surface area contributed by atoms with E-state index < -0.39 is 7.82 Å². The third-order valence-electron chi connectivity index (χ3n) is 6.47. The summed E-state index contributed by atoms with van der Waals surface area (Å²) in [7, 11) is -4.98. The van der Waals surface area contributed by atoms with E-state index in [2.05, 4.69) is 0 Å². The molecule has 0 spiro atoms. The van der Waals surface area contributed by atoms with Gasteiger partial charge in [-0.1, -0.05) is 72.1 Å². The Kier molecular flexibility index (Phi) is 8.38. The Balaban J connectivity index is 1.41. The van der Waals surface area contributed by atoms with E-state index in [1.807, 2.05) is 113 Å². The molecule has 0 atom stereocenters. The maximum absolute atomic E-state index is 13.8. The molecule has 2 aliphatic heterocycles. The predicted octanol–water partition coefficient (Wildman–Crippen LogP) is 9.39. The fourth-order valence-electron chi connectivity index (χ4n) is 4.78. The molecular weight excluding hydrogens is 599 g/mol. The molecule has 0 unspecified atom stereocenters. The third kappa shape index (κ3) is 6.53. The van der Waals surface area contributed by atoms with E-state index in [9.17, 15) is 9.46 Å². The molecule has 0 aliphatic carbocycles. The maximum atomic E-state index is 13.8. The molecule has 2 aliphatic rings. The summed E-state index contributed by atoms with van der Waals surface area (Å²) < 4.78 is 37.7. The lowest BCUT2D eigenvalue weighted by Gasteiger charge is -2.27. The van der Waals surface area contributed by atoms with Crippen molar-refractivity contribution in [3.63, 3.8) is 0 Å². The molecule has 0 radical (unpaired) electrons. The number of phosphoric acid groups is 1. The molecule has 0 bridgehead atoms. The highest BCUT2D eigenvalue weighted by Crippen LogP contribution is 2.55. The molecule has 6 rings (SSSR count). The lowest BCUT2D eigenvalue weighted by Crippen LogP contribution is -2.10. The summed E-state index contributed by atoms with van der Waals surface area (Å²) in [5.41, 5.74) is 2.86. The summed E-state index contributed by atoms with van der Waals surface area (Å²) in [5.74, 6) is 1.61. The summed E-state index contributed by atoms with van der Waals surface area (Å²) >= 11 is 3.02. The number of benzene rings is 4. The van der Waals surface area contributed by atoms with Crippen LogP contribution in [0, 0.1) is 0 Å². The van der Waals surface area contributed by atoms with Crippen molar-refractivity contribution >= 4 is 55.0 Å². The molecule has 4 aromatic rings. The smallest absolute Gasteiger partial charge is 0.372 e. The van der Waals surface area contributed by atoms with Gasteiger partial charge in [0.2, 0.25) is 0 Å². The van der Waals surface area contributed by atoms with Crippen molar-refractivity contribution in [2.75, 3.05) is 0 Å². The van der Waals surface area contributed by atoms with Crippen LogP contribution in [-0.4, -0.2) is 12.2 Å². The first kappa shape index (κ1) is 29.5. The molecule has 220 valence electrons. The van der Waals surface area contributed by atoms with Crippen molar-refractivity contribution in [1.82, 2.24) is 0 Å². The quantitative estimate of drug-likeness (QED) is 0.179. The van der Waals surface area contributed by atoms with Crippen LogP contribution in [-0.2, 0) is 13.6 Å². The average Bonchev–Trinajstić information content (AvgIpc) is 3.21. The second-order valence-corrected chi connectivity index (χ2v) is 13.9. The van der Waals surface area contributed by atoms with E-state index in [4.69, 9.17) is 18.5 Å². The number of hydrogen-bond donors (Lipinski definition) is 0. The van der Waals surface area contributed by atoms with Crippen LogP contribution in [0.3, 0.4) is 0 Å². The van der Waals surface area contributed by atoms with Crippen LogP contribution in [0.5, 0.6) is 11.5 Å². The Bertz CT molecular complexity index is 1670. The van der Waals surface area contributed by atoms with Crippen LogP contribution in [0.1, 0.15) is 49.9 Å². The summed E-state index contributed by atoms with van der Waals surface area (Å²) in [4.78, 5) is 17.2. The highest BCUT2D eigenvalue weighted by atomic mass is 32.2. The molecule has 4 aromatic carbocycles. The first-order valence-corrected chi connectivity index (χ1v) is 17.0. The third-order valence-corrected chi connectivity index (χ3v) is 9.74. The van der Waals surface area contributed by atoms with Gasteiger partial charge in [-0.05, 0) is 87.4 Å². The zero-order chi connectivity index (χ0) is 30.1. The number of rotatable bonds is 8.